The molecule has 1 heterocycles. The van der Waals surface area contributed by atoms with Gasteiger partial charge >= 0.3 is 5.97 Å². The summed E-state index contributed by atoms with van der Waals surface area (Å²) in [6.07, 6.45) is 14.6. The van der Waals surface area contributed by atoms with Crippen LogP contribution in [-0.2, 0) is 9.53 Å². The first-order chi connectivity index (χ1) is 14.2. The van der Waals surface area contributed by atoms with E-state index in [0.29, 0.717) is 5.57 Å². The number of carbonyl (C=O) groups is 1. The molecule has 0 amide bonds. The molecule has 0 unspecified atom stereocenters. The van der Waals surface area contributed by atoms with Crippen LogP contribution in [-0.4, -0.2) is 19.2 Å². The summed E-state index contributed by atoms with van der Waals surface area (Å²) in [4.78, 5) is 13.8. The summed E-state index contributed by atoms with van der Waals surface area (Å²) < 4.78 is 10.7. The van der Waals surface area contributed by atoms with Crippen molar-refractivity contribution in [1.29, 1.82) is 5.26 Å². The Bertz CT molecular complexity index is 769. The van der Waals surface area contributed by atoms with E-state index in [-0.39, 0.29) is 12.2 Å². The minimum atomic E-state index is -0.598. The van der Waals surface area contributed by atoms with Crippen LogP contribution < -0.4 is 9.64 Å². The van der Waals surface area contributed by atoms with E-state index >= 15 is 0 Å². The van der Waals surface area contributed by atoms with Crippen molar-refractivity contribution >= 4 is 11.7 Å². The highest BCUT2D eigenvalue weighted by Crippen LogP contribution is 2.24. The molecule has 0 aliphatic carbocycles. The van der Waals surface area contributed by atoms with Gasteiger partial charge in [-0.1, -0.05) is 39.0 Å². The number of carbonyl (C=O) groups excluding carboxylic acids is 1. The maximum absolute atomic E-state index is 11.8. The molecule has 0 fully saturated rings. The molecule has 0 aromatic heterocycles. The number of hydrogen-bond acceptors (Lipinski definition) is 5. The molecule has 2 rings (SSSR count). The SMILES string of the molecule is CCCCCCCCOc1ccc(N2C=CC(=C(C#N)C(=O)OCC)C=C2)cc1. The first-order valence-corrected chi connectivity index (χ1v) is 10.4. The summed E-state index contributed by atoms with van der Waals surface area (Å²) in [5, 5.41) is 9.23. The predicted octanol–water partition coefficient (Wildman–Crippen LogP) is 5.66. The van der Waals surface area contributed by atoms with E-state index in [9.17, 15) is 10.1 Å². The fourth-order valence-electron chi connectivity index (χ4n) is 2.98. The fraction of sp³-hybridized carbons (Fsp3) is 0.417. The van der Waals surface area contributed by atoms with Crippen LogP contribution in [0.4, 0.5) is 5.69 Å². The number of allylic oxidation sites excluding steroid dienone is 3. The summed E-state index contributed by atoms with van der Waals surface area (Å²) in [6, 6.07) is 9.80. The topological polar surface area (TPSA) is 62.6 Å². The molecular formula is C24H30N2O3. The number of anilines is 1. The molecule has 0 saturated heterocycles. The Morgan fingerprint density at radius 3 is 2.28 bits per heavy atom. The molecule has 154 valence electrons. The number of esters is 1. The first-order valence-electron chi connectivity index (χ1n) is 10.4. The molecule has 0 bridgehead atoms. The maximum atomic E-state index is 11.8. The van der Waals surface area contributed by atoms with Crippen molar-refractivity contribution in [3.8, 4) is 11.8 Å². The number of ether oxygens (including phenoxy) is 2. The number of unbranched alkanes of at least 4 members (excludes halogenated alkanes) is 5. The third-order valence-electron chi connectivity index (χ3n) is 4.61. The summed E-state index contributed by atoms with van der Waals surface area (Å²) in [5.74, 6) is 0.265. The monoisotopic (exact) mass is 394 g/mol. The number of rotatable bonds is 11. The molecule has 0 N–H and O–H groups in total. The van der Waals surface area contributed by atoms with Crippen molar-refractivity contribution in [2.45, 2.75) is 52.4 Å². The Kier molecular flexibility index (Phi) is 9.57. The highest BCUT2D eigenvalue weighted by atomic mass is 16.5. The Hall–Kier alpha value is -3.00. The van der Waals surface area contributed by atoms with Gasteiger partial charge in [0.05, 0.1) is 13.2 Å². The van der Waals surface area contributed by atoms with Crippen molar-refractivity contribution in [3.05, 3.63) is 60.0 Å². The quantitative estimate of drug-likeness (QED) is 0.210. The zero-order valence-electron chi connectivity index (χ0n) is 17.4. The molecule has 0 spiro atoms. The highest BCUT2D eigenvalue weighted by Gasteiger charge is 2.15. The van der Waals surface area contributed by atoms with Crippen LogP contribution in [0.15, 0.2) is 60.0 Å². The van der Waals surface area contributed by atoms with Crippen LogP contribution in [0.5, 0.6) is 5.75 Å². The average Bonchev–Trinajstić information content (AvgIpc) is 2.75. The molecule has 29 heavy (non-hydrogen) atoms. The number of benzene rings is 1. The van der Waals surface area contributed by atoms with E-state index < -0.39 is 5.97 Å². The van der Waals surface area contributed by atoms with Gasteiger partial charge in [0.25, 0.3) is 0 Å². The highest BCUT2D eigenvalue weighted by molar-refractivity contribution is 5.95. The molecule has 1 aliphatic heterocycles. The number of nitriles is 1. The van der Waals surface area contributed by atoms with Gasteiger partial charge in [-0.15, -0.1) is 0 Å². The van der Waals surface area contributed by atoms with E-state index in [1.807, 2.05) is 47.6 Å². The molecule has 0 atom stereocenters. The molecule has 0 saturated carbocycles. The Labute approximate surface area is 173 Å². The van der Waals surface area contributed by atoms with E-state index in [1.165, 1.54) is 32.1 Å². The maximum Gasteiger partial charge on any atom is 0.349 e. The standard InChI is InChI=1S/C24H30N2O3/c1-3-5-6-7-8-9-18-29-22-12-10-21(11-13-22)26-16-14-20(15-17-26)23(19-25)24(27)28-4-2/h10-17H,3-9,18H2,1-2H3. The van der Waals surface area contributed by atoms with Crippen LogP contribution in [0.2, 0.25) is 0 Å². The lowest BCUT2D eigenvalue weighted by atomic mass is 10.1. The summed E-state index contributed by atoms with van der Waals surface area (Å²) >= 11 is 0. The summed E-state index contributed by atoms with van der Waals surface area (Å²) in [5.41, 5.74) is 1.52. The smallest absolute Gasteiger partial charge is 0.349 e. The second kappa shape index (κ2) is 12.5. The Balaban J connectivity index is 1.86. The summed E-state index contributed by atoms with van der Waals surface area (Å²) in [7, 11) is 0. The fourth-order valence-corrected chi connectivity index (χ4v) is 2.98. The van der Waals surface area contributed by atoms with Crippen molar-refractivity contribution in [1.82, 2.24) is 0 Å². The lowest BCUT2D eigenvalue weighted by Gasteiger charge is -2.19. The van der Waals surface area contributed by atoms with Crippen molar-refractivity contribution in [2.24, 2.45) is 0 Å². The van der Waals surface area contributed by atoms with Gasteiger partial charge in [0.15, 0.2) is 0 Å². The van der Waals surface area contributed by atoms with Crippen LogP contribution in [0.25, 0.3) is 0 Å². The predicted molar refractivity (Wildman–Crippen MR) is 115 cm³/mol. The lowest BCUT2D eigenvalue weighted by Crippen LogP contribution is -2.13. The lowest BCUT2D eigenvalue weighted by molar-refractivity contribution is -0.138. The normalized spacial score (nSPS) is 12.6. The van der Waals surface area contributed by atoms with E-state index in [2.05, 4.69) is 6.92 Å². The van der Waals surface area contributed by atoms with Gasteiger partial charge in [0.1, 0.15) is 17.4 Å². The van der Waals surface area contributed by atoms with Crippen LogP contribution in [0, 0.1) is 11.3 Å². The average molecular weight is 395 g/mol. The van der Waals surface area contributed by atoms with E-state index in [0.717, 1.165) is 24.5 Å². The van der Waals surface area contributed by atoms with Crippen LogP contribution >= 0.6 is 0 Å². The van der Waals surface area contributed by atoms with Gasteiger partial charge < -0.3 is 14.4 Å². The third kappa shape index (κ3) is 7.15. The third-order valence-corrected chi connectivity index (χ3v) is 4.61. The minimum absolute atomic E-state index is 0.0115. The van der Waals surface area contributed by atoms with Gasteiger partial charge in [-0.25, -0.2) is 4.79 Å². The molecule has 1 aliphatic rings. The van der Waals surface area contributed by atoms with Crippen LogP contribution in [0.1, 0.15) is 52.4 Å². The largest absolute Gasteiger partial charge is 0.494 e. The molecule has 1 aromatic carbocycles. The van der Waals surface area contributed by atoms with Crippen molar-refractivity contribution in [3.63, 3.8) is 0 Å². The molecule has 5 nitrogen and oxygen atoms in total. The molecule has 0 radical (unpaired) electrons. The van der Waals surface area contributed by atoms with Gasteiger partial charge in [-0.3, -0.25) is 0 Å². The van der Waals surface area contributed by atoms with E-state index in [1.54, 1.807) is 19.1 Å². The Morgan fingerprint density at radius 1 is 1.00 bits per heavy atom. The van der Waals surface area contributed by atoms with Gasteiger partial charge in [0.2, 0.25) is 0 Å². The molecular weight excluding hydrogens is 364 g/mol. The summed E-state index contributed by atoms with van der Waals surface area (Å²) in [6.45, 7) is 4.93. The number of nitrogens with zero attached hydrogens (tertiary/aromatic N) is 2. The second-order valence-electron chi connectivity index (χ2n) is 6.81. The van der Waals surface area contributed by atoms with Gasteiger partial charge in [-0.2, -0.15) is 5.26 Å². The second-order valence-corrected chi connectivity index (χ2v) is 6.81. The molecule has 5 heteroatoms. The minimum Gasteiger partial charge on any atom is -0.494 e. The number of hydrogen-bond donors (Lipinski definition) is 0. The van der Waals surface area contributed by atoms with Gasteiger partial charge in [-0.05, 0) is 49.8 Å². The van der Waals surface area contributed by atoms with Crippen molar-refractivity contribution in [2.75, 3.05) is 18.1 Å². The Morgan fingerprint density at radius 2 is 1.66 bits per heavy atom. The zero-order valence-corrected chi connectivity index (χ0v) is 17.4. The zero-order chi connectivity index (χ0) is 20.9. The molecule has 1 aromatic rings. The van der Waals surface area contributed by atoms with E-state index in [4.69, 9.17) is 9.47 Å². The first kappa shape index (κ1) is 22.3. The van der Waals surface area contributed by atoms with Gasteiger partial charge in [0, 0.05) is 23.7 Å². The van der Waals surface area contributed by atoms with Crippen LogP contribution in [0.3, 0.4) is 0 Å². The van der Waals surface area contributed by atoms with Crippen molar-refractivity contribution < 1.29 is 14.3 Å².